The van der Waals surface area contributed by atoms with Crippen molar-refractivity contribution in [3.8, 4) is 11.1 Å². The Morgan fingerprint density at radius 1 is 0.902 bits per heavy atom. The number of benzene rings is 2. The van der Waals surface area contributed by atoms with Crippen molar-refractivity contribution in [3.05, 3.63) is 132 Å². The van der Waals surface area contributed by atoms with Gasteiger partial charge in [0.15, 0.2) is 0 Å². The summed E-state index contributed by atoms with van der Waals surface area (Å²) in [4.78, 5) is 11.6. The molecule has 5 heteroatoms. The molecule has 0 spiro atoms. The van der Waals surface area contributed by atoms with Crippen LogP contribution in [0.5, 0.6) is 0 Å². The third-order valence-corrected chi connectivity index (χ3v) is 7.36. The van der Waals surface area contributed by atoms with Crippen molar-refractivity contribution in [2.75, 3.05) is 18.4 Å². The molecule has 0 aliphatic carbocycles. The van der Waals surface area contributed by atoms with Crippen LogP contribution >= 0.6 is 0 Å². The molecular weight excluding hydrogens is 507 g/mol. The lowest BCUT2D eigenvalue weighted by molar-refractivity contribution is 0.220. The Balaban J connectivity index is 0.00000189. The summed E-state index contributed by atoms with van der Waals surface area (Å²) in [6.45, 7) is 18.0. The van der Waals surface area contributed by atoms with Crippen LogP contribution in [0.1, 0.15) is 61.1 Å². The fourth-order valence-corrected chi connectivity index (χ4v) is 5.09. The number of rotatable bonds is 9. The normalized spacial score (nSPS) is 13.2. The Hall–Kier alpha value is -4.09. The number of anilines is 1. The van der Waals surface area contributed by atoms with Crippen molar-refractivity contribution >= 4 is 11.3 Å². The highest BCUT2D eigenvalue weighted by Gasteiger charge is 2.13. The van der Waals surface area contributed by atoms with Gasteiger partial charge >= 0.3 is 0 Å². The summed E-state index contributed by atoms with van der Waals surface area (Å²) >= 11 is 0. The fourth-order valence-electron chi connectivity index (χ4n) is 5.09. The molecule has 1 saturated heterocycles. The average molecular weight is 549 g/mol. The van der Waals surface area contributed by atoms with Crippen LogP contribution in [0.25, 0.3) is 16.7 Å². The van der Waals surface area contributed by atoms with Crippen LogP contribution in [-0.4, -0.2) is 28.0 Å². The van der Waals surface area contributed by atoms with Gasteiger partial charge in [0.05, 0.1) is 11.9 Å². The predicted octanol–water partition coefficient (Wildman–Crippen LogP) is 8.83. The van der Waals surface area contributed by atoms with Crippen LogP contribution in [0.4, 0.5) is 10.1 Å². The van der Waals surface area contributed by atoms with Crippen molar-refractivity contribution in [2.45, 2.75) is 53.0 Å². The third kappa shape index (κ3) is 7.99. The molecule has 1 N–H and O–H groups in total. The smallest absolute Gasteiger partial charge is 0.126 e. The van der Waals surface area contributed by atoms with Crippen LogP contribution in [0, 0.1) is 12.7 Å². The molecule has 0 unspecified atom stereocenters. The van der Waals surface area contributed by atoms with Gasteiger partial charge in [-0.15, -0.1) is 0 Å². The number of nitrogens with zero attached hydrogens (tertiary/aromatic N) is 3. The number of likely N-dealkylation sites (tertiary alicyclic amines) is 1. The van der Waals surface area contributed by atoms with Crippen molar-refractivity contribution in [1.29, 1.82) is 0 Å². The molecule has 212 valence electrons. The second-order valence-electron chi connectivity index (χ2n) is 10.3. The molecule has 0 radical (unpaired) electrons. The number of nitrogens with one attached hydrogen (secondary N) is 1. The molecule has 1 aliphatic heterocycles. The van der Waals surface area contributed by atoms with Gasteiger partial charge < -0.3 is 5.32 Å². The Bertz CT molecular complexity index is 1470. The minimum Gasteiger partial charge on any atom is -0.354 e. The van der Waals surface area contributed by atoms with Gasteiger partial charge in [0.25, 0.3) is 0 Å². The molecule has 3 heterocycles. The lowest BCUT2D eigenvalue weighted by atomic mass is 9.94. The molecule has 0 atom stereocenters. The molecule has 4 aromatic rings. The monoisotopic (exact) mass is 548 g/mol. The highest BCUT2D eigenvalue weighted by Crippen LogP contribution is 2.30. The quantitative estimate of drug-likeness (QED) is 0.212. The van der Waals surface area contributed by atoms with Gasteiger partial charge in [-0.05, 0) is 96.6 Å². The number of pyridine rings is 2. The maximum atomic E-state index is 14.0. The molecule has 2 aromatic carbocycles. The van der Waals surface area contributed by atoms with E-state index in [2.05, 4.69) is 64.5 Å². The van der Waals surface area contributed by atoms with E-state index in [0.29, 0.717) is 17.7 Å². The largest absolute Gasteiger partial charge is 0.354 e. The highest BCUT2D eigenvalue weighted by molar-refractivity contribution is 5.84. The van der Waals surface area contributed by atoms with Gasteiger partial charge in [-0.25, -0.2) is 4.39 Å². The van der Waals surface area contributed by atoms with Crippen LogP contribution in [0.15, 0.2) is 98.1 Å². The van der Waals surface area contributed by atoms with Gasteiger partial charge in [-0.2, -0.15) is 0 Å². The number of aromatic nitrogens is 2. The molecule has 1 aliphatic rings. The predicted molar refractivity (Wildman–Crippen MR) is 170 cm³/mol. The van der Waals surface area contributed by atoms with Crippen LogP contribution < -0.4 is 5.32 Å². The van der Waals surface area contributed by atoms with Gasteiger partial charge in [-0.1, -0.05) is 63.8 Å². The van der Waals surface area contributed by atoms with E-state index in [1.165, 1.54) is 30.9 Å². The molecule has 0 bridgehead atoms. The lowest BCUT2D eigenvalue weighted by Gasteiger charge is -2.26. The summed E-state index contributed by atoms with van der Waals surface area (Å²) in [5, 5.41) is 3.34. The number of piperidine rings is 1. The Morgan fingerprint density at radius 3 is 2.41 bits per heavy atom. The molecule has 4 nitrogen and oxygen atoms in total. The maximum absolute atomic E-state index is 14.0. The number of halogens is 1. The standard InChI is InChI=1S/C34H35FN4.C2H6/c1-24-11-12-28(30-17-27(20-36-21-30)23-39-15-7-4-8-16-39)19-33(24)25(2)26(3)38-32-14-13-31(37-22-32)18-29-9-5-6-10-34(29)35;1-2/h5-6,9-14,17,19-22,38H,2-4,7-8,15-16,18,23H2,1H3;1-2H3. The Labute approximate surface area is 244 Å². The summed E-state index contributed by atoms with van der Waals surface area (Å²) < 4.78 is 14.0. The minimum atomic E-state index is -0.215. The van der Waals surface area contributed by atoms with Crippen molar-refractivity contribution < 1.29 is 4.39 Å². The first-order valence-electron chi connectivity index (χ1n) is 14.6. The lowest BCUT2D eigenvalue weighted by Crippen LogP contribution is -2.29. The van der Waals surface area contributed by atoms with Gasteiger partial charge in [-0.3, -0.25) is 14.9 Å². The topological polar surface area (TPSA) is 41.1 Å². The summed E-state index contributed by atoms with van der Waals surface area (Å²) in [7, 11) is 0. The summed E-state index contributed by atoms with van der Waals surface area (Å²) in [5.41, 5.74) is 9.38. The van der Waals surface area contributed by atoms with Crippen LogP contribution in [-0.2, 0) is 13.0 Å². The van der Waals surface area contributed by atoms with E-state index in [4.69, 9.17) is 0 Å². The number of hydrogen-bond donors (Lipinski definition) is 1. The molecule has 1 fully saturated rings. The van der Waals surface area contributed by atoms with E-state index in [1.807, 2.05) is 44.4 Å². The van der Waals surface area contributed by atoms with E-state index in [0.717, 1.165) is 58.8 Å². The zero-order valence-corrected chi connectivity index (χ0v) is 24.6. The van der Waals surface area contributed by atoms with Crippen molar-refractivity contribution in [1.82, 2.24) is 14.9 Å². The highest BCUT2D eigenvalue weighted by atomic mass is 19.1. The molecular formula is C36H41FN4. The Morgan fingerprint density at radius 2 is 1.68 bits per heavy atom. The van der Waals surface area contributed by atoms with Gasteiger partial charge in [0.1, 0.15) is 5.82 Å². The van der Waals surface area contributed by atoms with E-state index < -0.39 is 0 Å². The Kier molecular flexibility index (Phi) is 10.6. The zero-order valence-electron chi connectivity index (χ0n) is 24.6. The van der Waals surface area contributed by atoms with E-state index in [-0.39, 0.29) is 5.82 Å². The number of allylic oxidation sites excluding steroid dienone is 1. The number of aryl methyl sites for hydroxylation is 1. The molecule has 0 amide bonds. The SMILES string of the molecule is C=C(Nc1ccc(Cc2ccccc2F)nc1)C(=C)c1cc(-c2cncc(CN3CCCCC3)c2)ccc1C.CC. The third-order valence-electron chi connectivity index (χ3n) is 7.36. The summed E-state index contributed by atoms with van der Waals surface area (Å²) in [6, 6.07) is 19.3. The van der Waals surface area contributed by atoms with Gasteiger partial charge in [0.2, 0.25) is 0 Å². The first kappa shape index (κ1) is 29.9. The van der Waals surface area contributed by atoms with Crippen molar-refractivity contribution in [3.63, 3.8) is 0 Å². The zero-order chi connectivity index (χ0) is 29.2. The first-order valence-corrected chi connectivity index (χ1v) is 14.6. The van der Waals surface area contributed by atoms with E-state index >= 15 is 0 Å². The van der Waals surface area contributed by atoms with Gasteiger partial charge in [0, 0.05) is 42.3 Å². The number of hydrogen-bond acceptors (Lipinski definition) is 4. The van der Waals surface area contributed by atoms with Crippen LogP contribution in [0.3, 0.4) is 0 Å². The molecule has 0 saturated carbocycles. The van der Waals surface area contributed by atoms with Crippen LogP contribution in [0.2, 0.25) is 0 Å². The minimum absolute atomic E-state index is 0.215. The average Bonchev–Trinajstić information content (AvgIpc) is 3.01. The maximum Gasteiger partial charge on any atom is 0.126 e. The first-order chi connectivity index (χ1) is 20.0. The van der Waals surface area contributed by atoms with E-state index in [1.54, 1.807) is 18.3 Å². The summed E-state index contributed by atoms with van der Waals surface area (Å²) in [6.07, 6.45) is 10.00. The molecule has 2 aromatic heterocycles. The molecule has 41 heavy (non-hydrogen) atoms. The van der Waals surface area contributed by atoms with E-state index in [9.17, 15) is 4.39 Å². The summed E-state index contributed by atoms with van der Waals surface area (Å²) in [5.74, 6) is -0.215. The van der Waals surface area contributed by atoms with Crippen molar-refractivity contribution in [2.24, 2.45) is 0 Å². The second-order valence-corrected chi connectivity index (χ2v) is 10.3. The second kappa shape index (κ2) is 14.5. The fraction of sp³-hybridized carbons (Fsp3) is 0.278. The molecule has 5 rings (SSSR count).